The van der Waals surface area contributed by atoms with E-state index in [1.807, 2.05) is 18.7 Å². The molecule has 20 heavy (non-hydrogen) atoms. The van der Waals surface area contributed by atoms with Gasteiger partial charge in [0.25, 0.3) is 0 Å². The van der Waals surface area contributed by atoms with Crippen molar-refractivity contribution in [2.75, 3.05) is 26.3 Å². The molecule has 0 N–H and O–H groups in total. The maximum Gasteiger partial charge on any atom is 0.236 e. The Labute approximate surface area is 123 Å². The van der Waals surface area contributed by atoms with Gasteiger partial charge in [-0.25, -0.2) is 4.39 Å². The van der Waals surface area contributed by atoms with Crippen LogP contribution in [-0.4, -0.2) is 42.4 Å². The molecule has 1 aromatic carbocycles. The zero-order valence-corrected chi connectivity index (χ0v) is 12.7. The van der Waals surface area contributed by atoms with Crippen molar-refractivity contribution in [1.29, 1.82) is 0 Å². The highest BCUT2D eigenvalue weighted by Gasteiger charge is 2.29. The van der Waals surface area contributed by atoms with E-state index in [4.69, 9.17) is 4.74 Å². The summed E-state index contributed by atoms with van der Waals surface area (Å²) >= 11 is 1.51. The zero-order chi connectivity index (χ0) is 14.5. The number of ether oxygens (including phenoxy) is 1. The molecule has 1 amide bonds. The molecule has 1 aromatic rings. The van der Waals surface area contributed by atoms with E-state index in [0.29, 0.717) is 26.3 Å². The van der Waals surface area contributed by atoms with Crippen LogP contribution in [0, 0.1) is 11.7 Å². The number of carbonyl (C=O) groups is 1. The molecule has 0 spiro atoms. The number of nitrogens with zero attached hydrogens (tertiary/aromatic N) is 1. The Morgan fingerprint density at radius 2 is 1.85 bits per heavy atom. The van der Waals surface area contributed by atoms with Crippen LogP contribution in [0.4, 0.5) is 4.39 Å². The number of hydrogen-bond donors (Lipinski definition) is 0. The van der Waals surface area contributed by atoms with Gasteiger partial charge in [-0.2, -0.15) is 0 Å². The molecular weight excluding hydrogens is 277 g/mol. The van der Waals surface area contributed by atoms with Gasteiger partial charge in [-0.05, 0) is 30.2 Å². The molecule has 3 nitrogen and oxygen atoms in total. The maximum atomic E-state index is 12.9. The summed E-state index contributed by atoms with van der Waals surface area (Å²) in [5.41, 5.74) is 0. The highest BCUT2D eigenvalue weighted by Crippen LogP contribution is 2.30. The third-order valence-corrected chi connectivity index (χ3v) is 4.79. The molecule has 1 fully saturated rings. The number of morpholine rings is 1. The number of rotatable bonds is 4. The molecular formula is C15H20FNO2S. The van der Waals surface area contributed by atoms with Gasteiger partial charge in [-0.15, -0.1) is 11.8 Å². The maximum absolute atomic E-state index is 12.9. The topological polar surface area (TPSA) is 29.5 Å². The number of hydrogen-bond acceptors (Lipinski definition) is 3. The lowest BCUT2D eigenvalue weighted by molar-refractivity contribution is -0.135. The highest BCUT2D eigenvalue weighted by molar-refractivity contribution is 8.00. The van der Waals surface area contributed by atoms with Crippen LogP contribution in [0.5, 0.6) is 0 Å². The van der Waals surface area contributed by atoms with E-state index < -0.39 is 0 Å². The lowest BCUT2D eigenvalue weighted by Crippen LogP contribution is -2.46. The molecule has 1 aliphatic heterocycles. The van der Waals surface area contributed by atoms with Crippen molar-refractivity contribution in [3.05, 3.63) is 30.1 Å². The Kier molecular flexibility index (Phi) is 5.43. The number of benzene rings is 1. The molecule has 1 saturated heterocycles. The lowest BCUT2D eigenvalue weighted by atomic mass is 10.1. The molecule has 0 saturated carbocycles. The summed E-state index contributed by atoms with van der Waals surface area (Å²) in [5, 5.41) is -0.140. The van der Waals surface area contributed by atoms with Crippen LogP contribution < -0.4 is 0 Å². The number of carbonyl (C=O) groups excluding carboxylic acids is 1. The predicted octanol–water partition coefficient (Wildman–Crippen LogP) is 2.80. The fraction of sp³-hybridized carbons (Fsp3) is 0.533. The van der Waals surface area contributed by atoms with Gasteiger partial charge < -0.3 is 9.64 Å². The Morgan fingerprint density at radius 1 is 1.25 bits per heavy atom. The van der Waals surface area contributed by atoms with Crippen molar-refractivity contribution >= 4 is 17.7 Å². The van der Waals surface area contributed by atoms with Crippen molar-refractivity contribution in [2.45, 2.75) is 24.0 Å². The molecule has 0 radical (unpaired) electrons. The Bertz CT molecular complexity index is 444. The van der Waals surface area contributed by atoms with Crippen LogP contribution in [0.2, 0.25) is 0 Å². The zero-order valence-electron chi connectivity index (χ0n) is 11.8. The summed E-state index contributed by atoms with van der Waals surface area (Å²) in [6.07, 6.45) is 0. The SMILES string of the molecule is CC(C)C(Sc1ccc(F)cc1)C(=O)N1CCOCC1. The van der Waals surface area contributed by atoms with Crippen LogP contribution >= 0.6 is 11.8 Å². The first-order chi connectivity index (χ1) is 9.58. The molecule has 1 unspecified atom stereocenters. The minimum absolute atomic E-state index is 0.140. The fourth-order valence-electron chi connectivity index (χ4n) is 2.10. The average molecular weight is 297 g/mol. The van der Waals surface area contributed by atoms with Gasteiger partial charge in [-0.3, -0.25) is 4.79 Å². The normalized spacial score (nSPS) is 17.3. The minimum atomic E-state index is -0.255. The summed E-state index contributed by atoms with van der Waals surface area (Å²) in [4.78, 5) is 15.4. The van der Waals surface area contributed by atoms with Gasteiger partial charge in [0.1, 0.15) is 5.82 Å². The summed E-state index contributed by atoms with van der Waals surface area (Å²) in [6, 6.07) is 6.31. The molecule has 0 aliphatic carbocycles. The van der Waals surface area contributed by atoms with Crippen LogP contribution in [-0.2, 0) is 9.53 Å². The Balaban J connectivity index is 2.06. The summed E-state index contributed by atoms with van der Waals surface area (Å²) in [7, 11) is 0. The van der Waals surface area contributed by atoms with Crippen molar-refractivity contribution in [2.24, 2.45) is 5.92 Å². The predicted molar refractivity (Wildman–Crippen MR) is 78.3 cm³/mol. The standard InChI is InChI=1S/C15H20FNO2S/c1-11(2)14(15(18)17-7-9-19-10-8-17)20-13-5-3-12(16)4-6-13/h3-6,11,14H,7-10H2,1-2H3. The van der Waals surface area contributed by atoms with E-state index in [1.165, 1.54) is 23.9 Å². The molecule has 0 aromatic heterocycles. The second-order valence-corrected chi connectivity index (χ2v) is 6.39. The van der Waals surface area contributed by atoms with Gasteiger partial charge in [0.05, 0.1) is 18.5 Å². The van der Waals surface area contributed by atoms with E-state index in [0.717, 1.165) is 4.90 Å². The van der Waals surface area contributed by atoms with Gasteiger partial charge in [-0.1, -0.05) is 13.8 Å². The van der Waals surface area contributed by atoms with Crippen LogP contribution in [0.1, 0.15) is 13.8 Å². The minimum Gasteiger partial charge on any atom is -0.378 e. The van der Waals surface area contributed by atoms with Crippen molar-refractivity contribution in [3.8, 4) is 0 Å². The Morgan fingerprint density at radius 3 is 2.40 bits per heavy atom. The quantitative estimate of drug-likeness (QED) is 0.800. The largest absolute Gasteiger partial charge is 0.378 e. The highest BCUT2D eigenvalue weighted by atomic mass is 32.2. The molecule has 5 heteroatoms. The smallest absolute Gasteiger partial charge is 0.236 e. The van der Waals surface area contributed by atoms with Crippen molar-refractivity contribution in [3.63, 3.8) is 0 Å². The van der Waals surface area contributed by atoms with E-state index in [2.05, 4.69) is 0 Å². The number of amides is 1. The number of halogens is 1. The third kappa shape index (κ3) is 3.96. The molecule has 2 rings (SSSR count). The van der Waals surface area contributed by atoms with Crippen LogP contribution in [0.15, 0.2) is 29.2 Å². The molecule has 1 heterocycles. The van der Waals surface area contributed by atoms with Crippen molar-refractivity contribution < 1.29 is 13.9 Å². The van der Waals surface area contributed by atoms with E-state index in [1.54, 1.807) is 12.1 Å². The van der Waals surface area contributed by atoms with Gasteiger partial charge >= 0.3 is 0 Å². The third-order valence-electron chi connectivity index (χ3n) is 3.25. The first-order valence-corrected chi connectivity index (χ1v) is 7.74. The second-order valence-electron chi connectivity index (χ2n) is 5.17. The van der Waals surface area contributed by atoms with Gasteiger partial charge in [0, 0.05) is 18.0 Å². The summed E-state index contributed by atoms with van der Waals surface area (Å²) in [5.74, 6) is 0.118. The van der Waals surface area contributed by atoms with E-state index in [-0.39, 0.29) is 22.9 Å². The fourth-order valence-corrected chi connectivity index (χ4v) is 3.20. The monoisotopic (exact) mass is 297 g/mol. The van der Waals surface area contributed by atoms with Crippen LogP contribution in [0.3, 0.4) is 0 Å². The number of thioether (sulfide) groups is 1. The van der Waals surface area contributed by atoms with Crippen LogP contribution in [0.25, 0.3) is 0 Å². The Hall–Kier alpha value is -1.07. The molecule has 1 aliphatic rings. The molecule has 110 valence electrons. The first-order valence-electron chi connectivity index (χ1n) is 6.86. The second kappa shape index (κ2) is 7.09. The molecule has 0 bridgehead atoms. The van der Waals surface area contributed by atoms with Crippen molar-refractivity contribution in [1.82, 2.24) is 4.90 Å². The van der Waals surface area contributed by atoms with E-state index >= 15 is 0 Å². The summed E-state index contributed by atoms with van der Waals surface area (Å²) in [6.45, 7) is 6.62. The average Bonchev–Trinajstić information content (AvgIpc) is 2.46. The molecule has 1 atom stereocenters. The summed E-state index contributed by atoms with van der Waals surface area (Å²) < 4.78 is 18.2. The first kappa shape index (κ1) is 15.3. The lowest BCUT2D eigenvalue weighted by Gasteiger charge is -2.31. The van der Waals surface area contributed by atoms with Gasteiger partial charge in [0.15, 0.2) is 0 Å². The van der Waals surface area contributed by atoms with Gasteiger partial charge in [0.2, 0.25) is 5.91 Å². The van der Waals surface area contributed by atoms with E-state index in [9.17, 15) is 9.18 Å².